The van der Waals surface area contributed by atoms with Crippen molar-refractivity contribution in [2.45, 2.75) is 6.18 Å². The molecule has 0 fully saturated rings. The van der Waals surface area contributed by atoms with E-state index in [2.05, 4.69) is 5.32 Å². The van der Waals surface area contributed by atoms with E-state index in [9.17, 15) is 18.0 Å². The minimum atomic E-state index is -4.42. The Morgan fingerprint density at radius 3 is 2.04 bits per heavy atom. The molecule has 0 radical (unpaired) electrons. The van der Waals surface area contributed by atoms with Crippen LogP contribution in [0.25, 0.3) is 0 Å². The lowest BCUT2D eigenvalue weighted by atomic mass is 10.2. The molecule has 0 unspecified atom stereocenters. The molecular formula is C17H16F3NO4. The summed E-state index contributed by atoms with van der Waals surface area (Å²) in [4.78, 5) is 11.9. The number of hydrogen-bond donors (Lipinski definition) is 1. The first-order valence-corrected chi connectivity index (χ1v) is 7.16. The van der Waals surface area contributed by atoms with Crippen LogP contribution in [-0.4, -0.2) is 26.7 Å². The summed E-state index contributed by atoms with van der Waals surface area (Å²) in [5.74, 6) is 0.506. The Morgan fingerprint density at radius 2 is 1.56 bits per heavy atom. The van der Waals surface area contributed by atoms with E-state index in [0.717, 1.165) is 12.1 Å². The predicted molar refractivity (Wildman–Crippen MR) is 85.1 cm³/mol. The van der Waals surface area contributed by atoms with E-state index in [4.69, 9.17) is 14.2 Å². The minimum absolute atomic E-state index is 0.230. The average Bonchev–Trinajstić information content (AvgIpc) is 2.59. The first-order chi connectivity index (χ1) is 11.8. The number of ether oxygens (including phenoxy) is 3. The maximum atomic E-state index is 12.5. The van der Waals surface area contributed by atoms with Crippen molar-refractivity contribution in [3.63, 3.8) is 0 Å². The summed E-state index contributed by atoms with van der Waals surface area (Å²) in [6.07, 6.45) is -4.42. The highest BCUT2D eigenvalue weighted by atomic mass is 19.4. The molecule has 0 aliphatic carbocycles. The monoisotopic (exact) mass is 355 g/mol. The van der Waals surface area contributed by atoms with Gasteiger partial charge in [0.15, 0.2) is 18.1 Å². The van der Waals surface area contributed by atoms with Crippen molar-refractivity contribution in [1.29, 1.82) is 0 Å². The third-order valence-corrected chi connectivity index (χ3v) is 3.23. The van der Waals surface area contributed by atoms with Gasteiger partial charge in [-0.05, 0) is 36.4 Å². The number of rotatable bonds is 6. The fourth-order valence-corrected chi connectivity index (χ4v) is 2.04. The first kappa shape index (κ1) is 18.4. The minimum Gasteiger partial charge on any atom is -0.493 e. The number of methoxy groups -OCH3 is 2. The Kier molecular flexibility index (Phi) is 5.74. The number of para-hydroxylation sites is 1. The molecule has 2 rings (SSSR count). The number of halogens is 3. The van der Waals surface area contributed by atoms with Gasteiger partial charge >= 0.3 is 6.18 Å². The molecule has 0 spiro atoms. The fraction of sp³-hybridized carbons (Fsp3) is 0.235. The molecule has 2 aromatic rings. The van der Waals surface area contributed by atoms with Gasteiger partial charge in [0, 0.05) is 5.69 Å². The molecule has 0 aliphatic rings. The molecule has 0 saturated heterocycles. The van der Waals surface area contributed by atoms with Gasteiger partial charge in [0.25, 0.3) is 5.91 Å². The second kappa shape index (κ2) is 7.78. The summed E-state index contributed by atoms with van der Waals surface area (Å²) in [7, 11) is 2.90. The molecule has 1 N–H and O–H groups in total. The van der Waals surface area contributed by atoms with Crippen LogP contribution in [0.15, 0.2) is 42.5 Å². The Balaban J connectivity index is 2.00. The lowest BCUT2D eigenvalue weighted by Gasteiger charge is -2.14. The van der Waals surface area contributed by atoms with Crippen LogP contribution >= 0.6 is 0 Å². The van der Waals surface area contributed by atoms with Gasteiger partial charge in [-0.1, -0.05) is 6.07 Å². The molecule has 0 atom stereocenters. The van der Waals surface area contributed by atoms with Crippen LogP contribution in [0.5, 0.6) is 17.2 Å². The van der Waals surface area contributed by atoms with Crippen LogP contribution in [0, 0.1) is 0 Å². The molecule has 2 aromatic carbocycles. The van der Waals surface area contributed by atoms with Gasteiger partial charge in [0.1, 0.15) is 0 Å². The number of hydrogen-bond acceptors (Lipinski definition) is 4. The molecule has 0 heterocycles. The number of carbonyl (C=O) groups is 1. The highest BCUT2D eigenvalue weighted by Gasteiger charge is 2.30. The van der Waals surface area contributed by atoms with Crippen molar-refractivity contribution in [3.05, 3.63) is 48.0 Å². The summed E-state index contributed by atoms with van der Waals surface area (Å²) in [6, 6.07) is 9.11. The van der Waals surface area contributed by atoms with E-state index in [1.807, 2.05) is 0 Å². The van der Waals surface area contributed by atoms with E-state index < -0.39 is 17.6 Å². The standard InChI is InChI=1S/C17H16F3NO4/c1-23-13-4-3-5-14(24-2)16(13)25-10-15(22)21-12-8-6-11(7-9-12)17(18,19)20/h3-9H,10H2,1-2H3,(H,21,22). The van der Waals surface area contributed by atoms with Gasteiger partial charge in [-0.2, -0.15) is 13.2 Å². The molecule has 8 heteroatoms. The topological polar surface area (TPSA) is 56.8 Å². The van der Waals surface area contributed by atoms with Gasteiger partial charge in [0.05, 0.1) is 19.8 Å². The summed E-state index contributed by atoms with van der Waals surface area (Å²) in [5, 5.41) is 2.45. The summed E-state index contributed by atoms with van der Waals surface area (Å²) in [6.45, 7) is -0.363. The average molecular weight is 355 g/mol. The molecule has 0 saturated carbocycles. The predicted octanol–water partition coefficient (Wildman–Crippen LogP) is 3.74. The van der Waals surface area contributed by atoms with Gasteiger partial charge in [-0.25, -0.2) is 0 Å². The van der Waals surface area contributed by atoms with Crippen LogP contribution in [0.2, 0.25) is 0 Å². The van der Waals surface area contributed by atoms with Crippen LogP contribution < -0.4 is 19.5 Å². The molecular weight excluding hydrogens is 339 g/mol. The third kappa shape index (κ3) is 4.79. The maximum Gasteiger partial charge on any atom is 0.416 e. The van der Waals surface area contributed by atoms with Crippen molar-refractivity contribution in [1.82, 2.24) is 0 Å². The Morgan fingerprint density at radius 1 is 1.00 bits per heavy atom. The number of amides is 1. The van der Waals surface area contributed by atoms with E-state index in [-0.39, 0.29) is 18.0 Å². The smallest absolute Gasteiger partial charge is 0.416 e. The second-order valence-corrected chi connectivity index (χ2v) is 4.90. The van der Waals surface area contributed by atoms with Crippen LogP contribution in [0.3, 0.4) is 0 Å². The van der Waals surface area contributed by atoms with Crippen molar-refractivity contribution in [3.8, 4) is 17.2 Å². The third-order valence-electron chi connectivity index (χ3n) is 3.23. The number of alkyl halides is 3. The second-order valence-electron chi connectivity index (χ2n) is 4.90. The highest BCUT2D eigenvalue weighted by Crippen LogP contribution is 2.36. The van der Waals surface area contributed by atoms with E-state index in [0.29, 0.717) is 11.5 Å². The lowest BCUT2D eigenvalue weighted by Crippen LogP contribution is -2.20. The zero-order valence-corrected chi connectivity index (χ0v) is 13.5. The van der Waals surface area contributed by atoms with E-state index in [1.54, 1.807) is 18.2 Å². The first-order valence-electron chi connectivity index (χ1n) is 7.16. The lowest BCUT2D eigenvalue weighted by molar-refractivity contribution is -0.137. The van der Waals surface area contributed by atoms with E-state index in [1.165, 1.54) is 26.4 Å². The zero-order chi connectivity index (χ0) is 18.4. The number of carbonyl (C=O) groups excluding carboxylic acids is 1. The van der Waals surface area contributed by atoms with Crippen molar-refractivity contribution < 1.29 is 32.2 Å². The molecule has 1 amide bonds. The SMILES string of the molecule is COc1cccc(OC)c1OCC(=O)Nc1ccc(C(F)(F)F)cc1. The summed E-state index contributed by atoms with van der Waals surface area (Å²) < 4.78 is 53.2. The van der Waals surface area contributed by atoms with Gasteiger partial charge in [-0.15, -0.1) is 0 Å². The quantitative estimate of drug-likeness (QED) is 0.858. The van der Waals surface area contributed by atoms with Gasteiger partial charge in [-0.3, -0.25) is 4.79 Å². The van der Waals surface area contributed by atoms with Gasteiger partial charge in [0.2, 0.25) is 5.75 Å². The van der Waals surface area contributed by atoms with Crippen molar-refractivity contribution in [2.24, 2.45) is 0 Å². The van der Waals surface area contributed by atoms with Crippen molar-refractivity contribution >= 4 is 11.6 Å². The molecule has 134 valence electrons. The molecule has 0 bridgehead atoms. The van der Waals surface area contributed by atoms with Gasteiger partial charge < -0.3 is 19.5 Å². The molecule has 0 aliphatic heterocycles. The largest absolute Gasteiger partial charge is 0.493 e. The maximum absolute atomic E-state index is 12.5. The number of nitrogens with one attached hydrogen (secondary N) is 1. The molecule has 5 nitrogen and oxygen atoms in total. The summed E-state index contributed by atoms with van der Waals surface area (Å²) in [5.41, 5.74) is -0.561. The Labute approximate surface area is 142 Å². The zero-order valence-electron chi connectivity index (χ0n) is 13.5. The Bertz CT molecular complexity index is 707. The normalized spacial score (nSPS) is 10.9. The number of anilines is 1. The van der Waals surface area contributed by atoms with Crippen LogP contribution in [0.4, 0.5) is 18.9 Å². The fourth-order valence-electron chi connectivity index (χ4n) is 2.04. The number of benzene rings is 2. The van der Waals surface area contributed by atoms with E-state index >= 15 is 0 Å². The Hall–Kier alpha value is -2.90. The molecule has 25 heavy (non-hydrogen) atoms. The van der Waals surface area contributed by atoms with Crippen LogP contribution in [-0.2, 0) is 11.0 Å². The van der Waals surface area contributed by atoms with Crippen molar-refractivity contribution in [2.75, 3.05) is 26.1 Å². The van der Waals surface area contributed by atoms with Crippen LogP contribution in [0.1, 0.15) is 5.56 Å². The highest BCUT2D eigenvalue weighted by molar-refractivity contribution is 5.91. The molecule has 0 aromatic heterocycles. The summed E-state index contributed by atoms with van der Waals surface area (Å²) >= 11 is 0.